The number of carbonyl (C=O) groups is 4. The van der Waals surface area contributed by atoms with Gasteiger partial charge < -0.3 is 26.0 Å². The van der Waals surface area contributed by atoms with Crippen molar-refractivity contribution in [1.29, 1.82) is 0 Å². The fourth-order valence-electron chi connectivity index (χ4n) is 4.32. The Bertz CT molecular complexity index is 1230. The molecule has 0 aliphatic rings. The van der Waals surface area contributed by atoms with E-state index in [4.69, 9.17) is 22.1 Å². The smallest absolute Gasteiger partial charge is 0.408 e. The van der Waals surface area contributed by atoms with E-state index in [0.29, 0.717) is 16.3 Å². The first-order chi connectivity index (χ1) is 18.7. The third-order valence-electron chi connectivity index (χ3n) is 6.12. The maximum absolute atomic E-state index is 14.1. The minimum atomic E-state index is -1.20. The highest BCUT2D eigenvalue weighted by Crippen LogP contribution is 2.32. The predicted octanol–water partition coefficient (Wildman–Crippen LogP) is 5.12. The molecule has 216 valence electrons. The lowest BCUT2D eigenvalue weighted by molar-refractivity contribution is -0.140. The average molecular weight is 571 g/mol. The van der Waals surface area contributed by atoms with Crippen molar-refractivity contribution in [1.82, 2.24) is 10.2 Å². The molecular formula is C30H39ClN4O5. The van der Waals surface area contributed by atoms with Crippen LogP contribution in [0.4, 0.5) is 10.5 Å². The molecule has 40 heavy (non-hydrogen) atoms. The Balaban J connectivity index is 2.63. The summed E-state index contributed by atoms with van der Waals surface area (Å²) in [5, 5.41) is 5.81. The van der Waals surface area contributed by atoms with E-state index in [-0.39, 0.29) is 19.4 Å². The van der Waals surface area contributed by atoms with Crippen LogP contribution in [-0.4, -0.2) is 46.9 Å². The van der Waals surface area contributed by atoms with Crippen LogP contribution in [0.3, 0.4) is 0 Å². The molecule has 2 rings (SSSR count). The largest absolute Gasteiger partial charge is 0.444 e. The van der Waals surface area contributed by atoms with Crippen molar-refractivity contribution in [2.45, 2.75) is 72.1 Å². The fraction of sp³-hybridized carbons (Fsp3) is 0.400. The maximum atomic E-state index is 14.1. The summed E-state index contributed by atoms with van der Waals surface area (Å²) in [4.78, 5) is 53.8. The summed E-state index contributed by atoms with van der Waals surface area (Å²) in [5.74, 6) is -1.75. The van der Waals surface area contributed by atoms with Gasteiger partial charge in [0.15, 0.2) is 0 Å². The van der Waals surface area contributed by atoms with Crippen LogP contribution >= 0.6 is 11.6 Å². The highest BCUT2D eigenvalue weighted by Gasteiger charge is 2.37. The zero-order valence-electron chi connectivity index (χ0n) is 24.0. The molecule has 0 aliphatic carbocycles. The van der Waals surface area contributed by atoms with Gasteiger partial charge in [0.25, 0.3) is 5.91 Å². The molecule has 0 aromatic heterocycles. The molecule has 2 atom stereocenters. The van der Waals surface area contributed by atoms with Gasteiger partial charge in [-0.15, -0.1) is 6.58 Å². The van der Waals surface area contributed by atoms with Crippen molar-refractivity contribution in [3.63, 3.8) is 0 Å². The van der Waals surface area contributed by atoms with E-state index in [9.17, 15) is 19.2 Å². The van der Waals surface area contributed by atoms with E-state index < -0.39 is 41.5 Å². The molecule has 9 nitrogen and oxygen atoms in total. The van der Waals surface area contributed by atoms with Gasteiger partial charge in [0, 0.05) is 13.0 Å². The molecule has 2 aromatic rings. The molecule has 4 N–H and O–H groups in total. The van der Waals surface area contributed by atoms with Crippen LogP contribution < -0.4 is 16.4 Å². The lowest BCUT2D eigenvalue weighted by atomic mass is 9.93. The number of ether oxygens (including phenoxy) is 1. The van der Waals surface area contributed by atoms with Crippen molar-refractivity contribution < 1.29 is 23.9 Å². The molecule has 0 radical (unpaired) electrons. The van der Waals surface area contributed by atoms with Gasteiger partial charge in [-0.3, -0.25) is 14.4 Å². The third-order valence-corrected chi connectivity index (χ3v) is 6.44. The van der Waals surface area contributed by atoms with E-state index in [1.165, 1.54) is 11.0 Å². The van der Waals surface area contributed by atoms with Crippen LogP contribution in [0, 0.1) is 20.8 Å². The lowest BCUT2D eigenvalue weighted by Crippen LogP contribution is -2.52. The third kappa shape index (κ3) is 8.84. The van der Waals surface area contributed by atoms with Crippen molar-refractivity contribution in [3.8, 4) is 0 Å². The number of rotatable bonds is 11. The van der Waals surface area contributed by atoms with Gasteiger partial charge in [-0.25, -0.2) is 4.79 Å². The number of hydrogen-bond donors (Lipinski definition) is 3. The van der Waals surface area contributed by atoms with Crippen molar-refractivity contribution in [2.24, 2.45) is 5.73 Å². The Morgan fingerprint density at radius 2 is 1.62 bits per heavy atom. The molecule has 0 fully saturated rings. The Labute approximate surface area is 241 Å². The number of benzene rings is 2. The fourth-order valence-corrected chi connectivity index (χ4v) is 4.59. The number of nitrogens with one attached hydrogen (secondary N) is 2. The van der Waals surface area contributed by atoms with Crippen LogP contribution in [0.25, 0.3) is 0 Å². The van der Waals surface area contributed by atoms with Gasteiger partial charge in [0.2, 0.25) is 11.8 Å². The Morgan fingerprint density at radius 3 is 2.15 bits per heavy atom. The number of primary amides is 1. The quantitative estimate of drug-likeness (QED) is 0.323. The van der Waals surface area contributed by atoms with Crippen LogP contribution in [0.1, 0.15) is 61.9 Å². The lowest BCUT2D eigenvalue weighted by Gasteiger charge is -2.35. The average Bonchev–Trinajstić information content (AvgIpc) is 2.83. The van der Waals surface area contributed by atoms with Crippen LogP contribution in [0.5, 0.6) is 0 Å². The van der Waals surface area contributed by atoms with E-state index in [1.54, 1.807) is 32.9 Å². The first kappa shape index (κ1) is 32.4. The second-order valence-electron chi connectivity index (χ2n) is 10.6. The SMILES string of the molecule is C=CCN(C(=O)C(CCC(N)=O)NC(=O)OC(C)(C)C)C(C(=O)Nc1c(C)cccc1Cl)c1c(C)cccc1C. The van der Waals surface area contributed by atoms with Crippen LogP contribution in [0.15, 0.2) is 49.1 Å². The van der Waals surface area contributed by atoms with Gasteiger partial charge in [0.05, 0.1) is 10.7 Å². The van der Waals surface area contributed by atoms with Gasteiger partial charge in [0.1, 0.15) is 17.7 Å². The first-order valence-corrected chi connectivity index (χ1v) is 13.3. The number of nitrogens with two attached hydrogens (primary N) is 1. The monoisotopic (exact) mass is 570 g/mol. The molecule has 0 saturated carbocycles. The number of anilines is 1. The molecule has 0 aliphatic heterocycles. The van der Waals surface area contributed by atoms with E-state index in [2.05, 4.69) is 17.2 Å². The highest BCUT2D eigenvalue weighted by molar-refractivity contribution is 6.34. The van der Waals surface area contributed by atoms with Crippen LogP contribution in [-0.2, 0) is 19.1 Å². The summed E-state index contributed by atoms with van der Waals surface area (Å²) in [6.07, 6.45) is 0.387. The summed E-state index contributed by atoms with van der Waals surface area (Å²) in [7, 11) is 0. The van der Waals surface area contributed by atoms with Crippen LogP contribution in [0.2, 0.25) is 5.02 Å². The minimum Gasteiger partial charge on any atom is -0.444 e. The normalized spacial score (nSPS) is 12.6. The van der Waals surface area contributed by atoms with Crippen molar-refractivity contribution in [2.75, 3.05) is 11.9 Å². The standard InChI is InChI=1S/C30H39ClN4O5/c1-8-17-35(28(38)22(15-16-23(32)36)33-29(39)40-30(5,6)7)26(24-18(2)11-9-12-19(24)3)27(37)34-25-20(4)13-10-14-21(25)31/h8-14,22,26H,1,15-17H2,2-7H3,(H2,32,36)(H,33,39)(H,34,37). The summed E-state index contributed by atoms with van der Waals surface area (Å²) >= 11 is 6.40. The topological polar surface area (TPSA) is 131 Å². The summed E-state index contributed by atoms with van der Waals surface area (Å²) in [6.45, 7) is 14.3. The number of nitrogens with zero attached hydrogens (tertiary/aromatic N) is 1. The Hall–Kier alpha value is -3.85. The molecule has 2 aromatic carbocycles. The van der Waals surface area contributed by atoms with Crippen molar-refractivity contribution >= 4 is 41.1 Å². The minimum absolute atomic E-state index is 0.0325. The van der Waals surface area contributed by atoms with Gasteiger partial charge in [-0.2, -0.15) is 0 Å². The molecule has 0 saturated heterocycles. The number of alkyl carbamates (subject to hydrolysis) is 1. The molecule has 0 bridgehead atoms. The molecule has 10 heteroatoms. The highest BCUT2D eigenvalue weighted by atomic mass is 35.5. The molecule has 0 heterocycles. The van der Waals surface area contributed by atoms with E-state index >= 15 is 0 Å². The Kier molecular flexibility index (Phi) is 11.3. The number of para-hydroxylation sites is 1. The number of halogens is 1. The molecule has 4 amide bonds. The summed E-state index contributed by atoms with van der Waals surface area (Å²) in [6, 6.07) is 8.48. The number of amides is 4. The van der Waals surface area contributed by atoms with Gasteiger partial charge in [-0.05, 0) is 76.3 Å². The maximum Gasteiger partial charge on any atom is 0.408 e. The van der Waals surface area contributed by atoms with E-state index in [0.717, 1.165) is 16.7 Å². The molecule has 2 unspecified atom stereocenters. The number of aryl methyl sites for hydroxylation is 3. The second-order valence-corrected chi connectivity index (χ2v) is 11.0. The van der Waals surface area contributed by atoms with E-state index in [1.807, 2.05) is 45.0 Å². The number of carbonyl (C=O) groups excluding carboxylic acids is 4. The molecular weight excluding hydrogens is 532 g/mol. The molecule has 0 spiro atoms. The summed E-state index contributed by atoms with van der Waals surface area (Å²) in [5.41, 5.74) is 7.89. The first-order valence-electron chi connectivity index (χ1n) is 13.0. The second kappa shape index (κ2) is 14.0. The predicted molar refractivity (Wildman–Crippen MR) is 157 cm³/mol. The van der Waals surface area contributed by atoms with Gasteiger partial charge >= 0.3 is 6.09 Å². The van der Waals surface area contributed by atoms with Gasteiger partial charge in [-0.1, -0.05) is 48.0 Å². The number of hydrogen-bond acceptors (Lipinski definition) is 5. The zero-order valence-corrected chi connectivity index (χ0v) is 24.7. The summed E-state index contributed by atoms with van der Waals surface area (Å²) < 4.78 is 5.35. The zero-order chi connectivity index (χ0) is 30.2. The van der Waals surface area contributed by atoms with Crippen molar-refractivity contribution in [3.05, 3.63) is 76.3 Å². The Morgan fingerprint density at radius 1 is 1.05 bits per heavy atom.